The van der Waals surface area contributed by atoms with Gasteiger partial charge in [-0.1, -0.05) is 0 Å². The number of methoxy groups -OCH3 is 2. The van der Waals surface area contributed by atoms with Gasteiger partial charge in [0.05, 0.1) is 41.9 Å². The molecule has 10 heteroatoms. The zero-order valence-corrected chi connectivity index (χ0v) is 19.8. The standard InChI is InChI=1S/C23H23BrF2N2O5/c1-30-5-6-33-20-9-14(23(29)31-2)8-19-22(20)27-21(28(19)12-15-3-4-32-15)10-13-7-18(26)16(24)11-17(13)25/h7-9,11,15H,3-6,10,12H2,1-2H3. The van der Waals surface area contributed by atoms with E-state index in [1.165, 1.54) is 7.11 Å². The van der Waals surface area contributed by atoms with Crippen molar-refractivity contribution in [3.63, 3.8) is 0 Å². The molecule has 1 saturated heterocycles. The molecule has 0 aliphatic carbocycles. The molecule has 1 aliphatic heterocycles. The third-order valence-corrected chi connectivity index (χ3v) is 6.09. The lowest BCUT2D eigenvalue weighted by atomic mass is 10.1. The molecule has 0 spiro atoms. The van der Waals surface area contributed by atoms with E-state index in [1.807, 2.05) is 4.57 Å². The number of imidazole rings is 1. The second-order valence-corrected chi connectivity index (χ2v) is 8.48. The van der Waals surface area contributed by atoms with E-state index in [2.05, 4.69) is 15.9 Å². The molecule has 1 aromatic heterocycles. The van der Waals surface area contributed by atoms with Crippen molar-refractivity contribution >= 4 is 32.9 Å². The molecule has 1 atom stereocenters. The van der Waals surface area contributed by atoms with Crippen molar-refractivity contribution < 1.29 is 32.5 Å². The summed E-state index contributed by atoms with van der Waals surface area (Å²) in [6.07, 6.45) is 0.879. The Bertz CT molecular complexity index is 1180. The van der Waals surface area contributed by atoms with E-state index < -0.39 is 17.6 Å². The Balaban J connectivity index is 1.84. The van der Waals surface area contributed by atoms with Crippen LogP contribution in [-0.2, 0) is 27.2 Å². The van der Waals surface area contributed by atoms with Crippen LogP contribution in [0.1, 0.15) is 28.2 Å². The first-order valence-electron chi connectivity index (χ1n) is 10.4. The molecule has 2 heterocycles. The minimum absolute atomic E-state index is 0.0349. The highest BCUT2D eigenvalue weighted by atomic mass is 79.9. The molecule has 2 aromatic carbocycles. The number of carbonyl (C=O) groups excluding carboxylic acids is 1. The van der Waals surface area contributed by atoms with Crippen LogP contribution in [-0.4, -0.2) is 55.7 Å². The van der Waals surface area contributed by atoms with E-state index in [0.717, 1.165) is 18.6 Å². The number of hydrogen-bond donors (Lipinski definition) is 0. The van der Waals surface area contributed by atoms with Gasteiger partial charge in [-0.05, 0) is 52.2 Å². The zero-order chi connectivity index (χ0) is 23.5. The maximum atomic E-state index is 14.6. The van der Waals surface area contributed by atoms with Crippen LogP contribution >= 0.6 is 15.9 Å². The fourth-order valence-corrected chi connectivity index (χ4v) is 3.98. The number of rotatable bonds is 9. The number of hydrogen-bond acceptors (Lipinski definition) is 6. The van der Waals surface area contributed by atoms with Crippen LogP contribution < -0.4 is 4.74 Å². The molecular weight excluding hydrogens is 502 g/mol. The highest BCUT2D eigenvalue weighted by Crippen LogP contribution is 2.32. The summed E-state index contributed by atoms with van der Waals surface area (Å²) in [5.41, 5.74) is 1.58. The van der Waals surface area contributed by atoms with E-state index in [9.17, 15) is 13.6 Å². The smallest absolute Gasteiger partial charge is 0.338 e. The molecule has 1 fully saturated rings. The van der Waals surface area contributed by atoms with Gasteiger partial charge in [-0.3, -0.25) is 0 Å². The molecule has 3 aromatic rings. The van der Waals surface area contributed by atoms with Crippen molar-refractivity contribution in [2.24, 2.45) is 0 Å². The summed E-state index contributed by atoms with van der Waals surface area (Å²) >= 11 is 3.00. The Morgan fingerprint density at radius 1 is 1.21 bits per heavy atom. The van der Waals surface area contributed by atoms with Crippen LogP contribution in [0.25, 0.3) is 11.0 Å². The van der Waals surface area contributed by atoms with Gasteiger partial charge in [0, 0.05) is 20.1 Å². The zero-order valence-electron chi connectivity index (χ0n) is 18.2. The summed E-state index contributed by atoms with van der Waals surface area (Å²) < 4.78 is 52.0. The average Bonchev–Trinajstić information content (AvgIpc) is 3.11. The molecule has 1 unspecified atom stereocenters. The van der Waals surface area contributed by atoms with Crippen molar-refractivity contribution in [1.82, 2.24) is 9.55 Å². The minimum Gasteiger partial charge on any atom is -0.489 e. The average molecular weight is 525 g/mol. The van der Waals surface area contributed by atoms with Gasteiger partial charge in [-0.25, -0.2) is 18.6 Å². The van der Waals surface area contributed by atoms with Gasteiger partial charge in [0.2, 0.25) is 0 Å². The summed E-state index contributed by atoms with van der Waals surface area (Å²) in [4.78, 5) is 17.0. The lowest BCUT2D eigenvalue weighted by Crippen LogP contribution is -2.31. The highest BCUT2D eigenvalue weighted by molar-refractivity contribution is 9.10. The fourth-order valence-electron chi connectivity index (χ4n) is 3.66. The monoisotopic (exact) mass is 524 g/mol. The number of benzene rings is 2. The number of carbonyl (C=O) groups is 1. The molecule has 0 amide bonds. The summed E-state index contributed by atoms with van der Waals surface area (Å²) in [5, 5.41) is 0. The fraction of sp³-hybridized carbons (Fsp3) is 0.391. The van der Waals surface area contributed by atoms with E-state index >= 15 is 0 Å². The molecule has 4 rings (SSSR count). The summed E-state index contributed by atoms with van der Waals surface area (Å²) in [5.74, 6) is -0.757. The maximum absolute atomic E-state index is 14.6. The van der Waals surface area contributed by atoms with Gasteiger partial charge in [-0.2, -0.15) is 0 Å². The number of fused-ring (bicyclic) bond motifs is 1. The third-order valence-electron chi connectivity index (χ3n) is 5.48. The quantitative estimate of drug-likeness (QED) is 0.236. The van der Waals surface area contributed by atoms with Crippen LogP contribution in [0, 0.1) is 11.6 Å². The van der Waals surface area contributed by atoms with Gasteiger partial charge in [0.15, 0.2) is 0 Å². The van der Waals surface area contributed by atoms with Crippen molar-refractivity contribution in [2.45, 2.75) is 25.5 Å². The Labute approximate surface area is 197 Å². The predicted octanol–water partition coefficient (Wildman–Crippen LogP) is 4.27. The number of esters is 1. The van der Waals surface area contributed by atoms with Crippen molar-refractivity contribution in [1.29, 1.82) is 0 Å². The number of nitrogens with zero attached hydrogens (tertiary/aromatic N) is 2. The van der Waals surface area contributed by atoms with Crippen LogP contribution in [0.15, 0.2) is 28.7 Å². The molecule has 176 valence electrons. The first-order valence-corrected chi connectivity index (χ1v) is 11.2. The Kier molecular flexibility index (Phi) is 7.26. The second kappa shape index (κ2) is 10.1. The topological polar surface area (TPSA) is 71.8 Å². The minimum atomic E-state index is -0.562. The Hall–Kier alpha value is -2.56. The predicted molar refractivity (Wildman–Crippen MR) is 120 cm³/mol. The number of halogens is 3. The van der Waals surface area contributed by atoms with Crippen molar-refractivity contribution in [2.75, 3.05) is 34.0 Å². The van der Waals surface area contributed by atoms with Crippen LogP contribution in [0.5, 0.6) is 5.75 Å². The normalized spacial score (nSPS) is 15.5. The van der Waals surface area contributed by atoms with E-state index in [4.69, 9.17) is 23.9 Å². The molecular formula is C23H23BrF2N2O5. The molecule has 0 saturated carbocycles. The van der Waals surface area contributed by atoms with E-state index in [0.29, 0.717) is 47.9 Å². The summed E-state index contributed by atoms with van der Waals surface area (Å²) in [6.45, 7) is 1.71. The lowest BCUT2D eigenvalue weighted by Gasteiger charge is -2.27. The molecule has 33 heavy (non-hydrogen) atoms. The number of ether oxygens (including phenoxy) is 4. The van der Waals surface area contributed by atoms with Crippen LogP contribution in [0.4, 0.5) is 8.78 Å². The van der Waals surface area contributed by atoms with Gasteiger partial charge >= 0.3 is 5.97 Å². The van der Waals surface area contributed by atoms with Gasteiger partial charge in [0.1, 0.15) is 35.3 Å². The summed E-state index contributed by atoms with van der Waals surface area (Å²) in [7, 11) is 2.86. The Morgan fingerprint density at radius 3 is 2.67 bits per heavy atom. The third kappa shape index (κ3) is 5.02. The molecule has 7 nitrogen and oxygen atoms in total. The van der Waals surface area contributed by atoms with E-state index in [-0.39, 0.29) is 29.2 Å². The van der Waals surface area contributed by atoms with Crippen molar-refractivity contribution in [3.05, 3.63) is 57.3 Å². The molecule has 1 aliphatic rings. The Morgan fingerprint density at radius 2 is 2.00 bits per heavy atom. The molecule has 0 bridgehead atoms. The molecule has 0 radical (unpaired) electrons. The lowest BCUT2D eigenvalue weighted by molar-refractivity contribution is -0.0589. The SMILES string of the molecule is COCCOc1cc(C(=O)OC)cc2c1nc(Cc1cc(F)c(Br)cc1F)n2CC1CCO1. The highest BCUT2D eigenvalue weighted by Gasteiger charge is 2.25. The first-order chi connectivity index (χ1) is 15.9. The maximum Gasteiger partial charge on any atom is 0.338 e. The van der Waals surface area contributed by atoms with Gasteiger partial charge in [0.25, 0.3) is 0 Å². The van der Waals surface area contributed by atoms with E-state index in [1.54, 1.807) is 19.2 Å². The van der Waals surface area contributed by atoms with Gasteiger partial charge < -0.3 is 23.5 Å². The van der Waals surface area contributed by atoms with Crippen LogP contribution in [0.2, 0.25) is 0 Å². The van der Waals surface area contributed by atoms with Crippen LogP contribution in [0.3, 0.4) is 0 Å². The largest absolute Gasteiger partial charge is 0.489 e. The molecule has 0 N–H and O–H groups in total. The van der Waals surface area contributed by atoms with Gasteiger partial charge in [-0.15, -0.1) is 0 Å². The first kappa shape index (κ1) is 23.6. The number of aromatic nitrogens is 2. The second-order valence-electron chi connectivity index (χ2n) is 7.63. The van der Waals surface area contributed by atoms with Crippen molar-refractivity contribution in [3.8, 4) is 5.75 Å². The summed E-state index contributed by atoms with van der Waals surface area (Å²) in [6, 6.07) is 5.48.